The molecule has 1 heterocycles. The van der Waals surface area contributed by atoms with Gasteiger partial charge in [0, 0.05) is 10.7 Å². The van der Waals surface area contributed by atoms with Gasteiger partial charge in [-0.3, -0.25) is 14.5 Å². The van der Waals surface area contributed by atoms with Crippen molar-refractivity contribution in [3.63, 3.8) is 0 Å². The van der Waals surface area contributed by atoms with Gasteiger partial charge in [-0.05, 0) is 42.2 Å². The molecule has 0 saturated carbocycles. The summed E-state index contributed by atoms with van der Waals surface area (Å²) < 4.78 is 0. The summed E-state index contributed by atoms with van der Waals surface area (Å²) in [5.74, 6) is -0.840. The van der Waals surface area contributed by atoms with Crippen LogP contribution in [0.15, 0.2) is 48.5 Å². The van der Waals surface area contributed by atoms with Crippen LogP contribution in [0, 0.1) is 0 Å². The lowest BCUT2D eigenvalue weighted by atomic mass is 9.92. The van der Waals surface area contributed by atoms with Gasteiger partial charge in [-0.2, -0.15) is 0 Å². The van der Waals surface area contributed by atoms with Crippen LogP contribution in [0.25, 0.3) is 0 Å². The Morgan fingerprint density at radius 3 is 2.81 bits per heavy atom. The zero-order chi connectivity index (χ0) is 18.3. The largest absolute Gasteiger partial charge is 0.325 e. The van der Waals surface area contributed by atoms with Gasteiger partial charge in [-0.15, -0.1) is 0 Å². The summed E-state index contributed by atoms with van der Waals surface area (Å²) in [5, 5.41) is 5.94. The van der Waals surface area contributed by atoms with Crippen molar-refractivity contribution in [1.82, 2.24) is 10.2 Å². The van der Waals surface area contributed by atoms with E-state index in [1.165, 1.54) is 0 Å². The Kier molecular flexibility index (Phi) is 3.92. The highest BCUT2D eigenvalue weighted by Gasteiger charge is 2.55. The molecule has 1 atom stereocenters. The van der Waals surface area contributed by atoms with Crippen molar-refractivity contribution >= 4 is 35.1 Å². The fraction of sp³-hybridized carbons (Fsp3) is 0.211. The molecule has 6 nitrogen and oxygen atoms in total. The van der Waals surface area contributed by atoms with Crippen LogP contribution in [0.1, 0.15) is 17.5 Å². The quantitative estimate of drug-likeness (QED) is 0.816. The second-order valence-electron chi connectivity index (χ2n) is 6.44. The van der Waals surface area contributed by atoms with Crippen molar-refractivity contribution in [1.29, 1.82) is 0 Å². The van der Waals surface area contributed by atoms with E-state index in [0.29, 0.717) is 23.6 Å². The van der Waals surface area contributed by atoms with Crippen LogP contribution in [0.4, 0.5) is 10.5 Å². The zero-order valence-electron chi connectivity index (χ0n) is 13.8. The lowest BCUT2D eigenvalue weighted by Gasteiger charge is -2.22. The number of carbonyl (C=O) groups excluding carboxylic acids is 3. The number of nitrogens with zero attached hydrogens (tertiary/aromatic N) is 1. The summed E-state index contributed by atoms with van der Waals surface area (Å²) in [6.07, 6.45) is 1.22. The molecule has 4 amide bonds. The fourth-order valence-electron chi connectivity index (χ4n) is 3.64. The van der Waals surface area contributed by atoms with Crippen LogP contribution in [-0.2, 0) is 21.5 Å². The van der Waals surface area contributed by atoms with Gasteiger partial charge in [-0.1, -0.05) is 41.9 Å². The number of rotatable bonds is 3. The molecule has 0 bridgehead atoms. The molecule has 4 rings (SSSR count). The summed E-state index contributed by atoms with van der Waals surface area (Å²) in [4.78, 5) is 38.6. The number of imide groups is 1. The third-order valence-electron chi connectivity index (χ3n) is 4.83. The Labute approximate surface area is 155 Å². The maximum atomic E-state index is 13.0. The highest BCUT2D eigenvalue weighted by atomic mass is 35.5. The smallest absolute Gasteiger partial charge is 0.324 e. The average molecular weight is 370 g/mol. The molecular weight excluding hydrogens is 354 g/mol. The first-order chi connectivity index (χ1) is 12.5. The van der Waals surface area contributed by atoms with Crippen molar-refractivity contribution in [2.75, 3.05) is 11.9 Å². The molecule has 2 aliphatic rings. The standard InChI is InChI=1S/C19H16ClN3O3/c20-13-5-3-6-14(10-13)21-16(24)11-23-17(25)19(22-18(23)26)9-8-12-4-1-2-7-15(12)19/h1-7,10H,8-9,11H2,(H,21,24)(H,22,26). The van der Waals surface area contributed by atoms with E-state index in [1.807, 2.05) is 24.3 Å². The summed E-state index contributed by atoms with van der Waals surface area (Å²) in [7, 11) is 0. The van der Waals surface area contributed by atoms with Gasteiger partial charge in [0.25, 0.3) is 5.91 Å². The van der Waals surface area contributed by atoms with Crippen LogP contribution < -0.4 is 10.6 Å². The number of anilines is 1. The van der Waals surface area contributed by atoms with E-state index in [0.717, 1.165) is 16.0 Å². The number of fused-ring (bicyclic) bond motifs is 2. The number of hydrogen-bond acceptors (Lipinski definition) is 3. The Balaban J connectivity index is 1.53. The Morgan fingerprint density at radius 2 is 2.00 bits per heavy atom. The van der Waals surface area contributed by atoms with Gasteiger partial charge in [0.1, 0.15) is 12.1 Å². The summed E-state index contributed by atoms with van der Waals surface area (Å²) in [6.45, 7) is -0.346. The maximum absolute atomic E-state index is 13.0. The van der Waals surface area contributed by atoms with Crippen molar-refractivity contribution in [3.8, 4) is 0 Å². The number of aryl methyl sites for hydroxylation is 1. The van der Waals surface area contributed by atoms with E-state index in [4.69, 9.17) is 11.6 Å². The van der Waals surface area contributed by atoms with E-state index in [2.05, 4.69) is 10.6 Å². The van der Waals surface area contributed by atoms with Crippen LogP contribution >= 0.6 is 11.6 Å². The molecule has 2 N–H and O–H groups in total. The molecular formula is C19H16ClN3O3. The number of nitrogens with one attached hydrogen (secondary N) is 2. The normalized spacial score (nSPS) is 21.0. The van der Waals surface area contributed by atoms with Crippen LogP contribution in [0.2, 0.25) is 5.02 Å². The molecule has 0 radical (unpaired) electrons. The minimum atomic E-state index is -1.05. The SMILES string of the molecule is O=C(CN1C(=O)NC2(CCc3ccccc32)C1=O)Nc1cccc(Cl)c1. The first-order valence-electron chi connectivity index (χ1n) is 8.27. The summed E-state index contributed by atoms with van der Waals surface area (Å²) >= 11 is 5.89. The molecule has 1 unspecified atom stereocenters. The second-order valence-corrected chi connectivity index (χ2v) is 6.88. The second kappa shape index (κ2) is 6.14. The molecule has 26 heavy (non-hydrogen) atoms. The summed E-state index contributed by atoms with van der Waals surface area (Å²) in [6, 6.07) is 13.7. The number of benzene rings is 2. The van der Waals surface area contributed by atoms with E-state index in [1.54, 1.807) is 24.3 Å². The van der Waals surface area contributed by atoms with E-state index < -0.39 is 17.5 Å². The van der Waals surface area contributed by atoms with Gasteiger partial charge in [0.2, 0.25) is 5.91 Å². The third kappa shape index (κ3) is 2.63. The van der Waals surface area contributed by atoms with E-state index in [-0.39, 0.29) is 12.5 Å². The Bertz CT molecular complexity index is 930. The third-order valence-corrected chi connectivity index (χ3v) is 5.07. The molecule has 1 fully saturated rings. The van der Waals surface area contributed by atoms with Gasteiger partial charge < -0.3 is 10.6 Å². The van der Waals surface area contributed by atoms with Crippen molar-refractivity contribution in [2.45, 2.75) is 18.4 Å². The number of halogens is 1. The minimum absolute atomic E-state index is 0.346. The Morgan fingerprint density at radius 1 is 1.19 bits per heavy atom. The van der Waals surface area contributed by atoms with Crippen molar-refractivity contribution in [2.24, 2.45) is 0 Å². The van der Waals surface area contributed by atoms with Crippen molar-refractivity contribution in [3.05, 3.63) is 64.7 Å². The predicted octanol–water partition coefficient (Wildman–Crippen LogP) is 2.67. The van der Waals surface area contributed by atoms with Crippen LogP contribution in [0.3, 0.4) is 0 Å². The molecule has 0 aromatic heterocycles. The highest BCUT2D eigenvalue weighted by Crippen LogP contribution is 2.41. The molecule has 7 heteroatoms. The number of amides is 4. The summed E-state index contributed by atoms with van der Waals surface area (Å²) in [5.41, 5.74) is 1.32. The molecule has 1 saturated heterocycles. The van der Waals surface area contributed by atoms with Gasteiger partial charge in [0.15, 0.2) is 0 Å². The number of hydrogen-bond donors (Lipinski definition) is 2. The monoisotopic (exact) mass is 369 g/mol. The molecule has 132 valence electrons. The fourth-order valence-corrected chi connectivity index (χ4v) is 3.83. The minimum Gasteiger partial charge on any atom is -0.324 e. The van der Waals surface area contributed by atoms with E-state index >= 15 is 0 Å². The molecule has 1 spiro atoms. The first-order valence-corrected chi connectivity index (χ1v) is 8.65. The lowest BCUT2D eigenvalue weighted by molar-refractivity contribution is -0.134. The number of carbonyl (C=O) groups is 3. The Hall–Kier alpha value is -2.86. The molecule has 2 aromatic carbocycles. The topological polar surface area (TPSA) is 78.5 Å². The molecule has 1 aliphatic heterocycles. The average Bonchev–Trinajstić information content (AvgIpc) is 3.09. The van der Waals surface area contributed by atoms with Gasteiger partial charge in [-0.25, -0.2) is 4.79 Å². The van der Waals surface area contributed by atoms with Gasteiger partial charge in [0.05, 0.1) is 0 Å². The number of urea groups is 1. The van der Waals surface area contributed by atoms with Crippen LogP contribution in [0.5, 0.6) is 0 Å². The first kappa shape index (κ1) is 16.6. The lowest BCUT2D eigenvalue weighted by Crippen LogP contribution is -2.42. The highest BCUT2D eigenvalue weighted by molar-refractivity contribution is 6.30. The maximum Gasteiger partial charge on any atom is 0.325 e. The zero-order valence-corrected chi connectivity index (χ0v) is 14.5. The van der Waals surface area contributed by atoms with Crippen molar-refractivity contribution < 1.29 is 14.4 Å². The van der Waals surface area contributed by atoms with E-state index in [9.17, 15) is 14.4 Å². The van der Waals surface area contributed by atoms with Gasteiger partial charge >= 0.3 is 6.03 Å². The predicted molar refractivity (Wildman–Crippen MR) is 96.8 cm³/mol. The molecule has 1 aliphatic carbocycles. The van der Waals surface area contributed by atoms with Crippen LogP contribution in [-0.4, -0.2) is 29.3 Å². The molecule has 2 aromatic rings.